The molecule has 0 fully saturated rings. The fraction of sp³-hybridized carbons (Fsp3) is 0.909. The highest BCUT2D eigenvalue weighted by molar-refractivity contribution is 5.80. The summed E-state index contributed by atoms with van der Waals surface area (Å²) in [5.41, 5.74) is 0. The van der Waals surface area contributed by atoms with E-state index in [1.807, 2.05) is 27.7 Å². The molecule has 0 bridgehead atoms. The maximum absolute atomic E-state index is 12.1. The van der Waals surface area contributed by atoms with Gasteiger partial charge in [-0.05, 0) is 32.1 Å². The van der Waals surface area contributed by atoms with E-state index < -0.39 is 5.79 Å². The van der Waals surface area contributed by atoms with Crippen molar-refractivity contribution in [2.75, 3.05) is 26.3 Å². The molecule has 0 aromatic carbocycles. The van der Waals surface area contributed by atoms with Crippen LogP contribution in [0.3, 0.4) is 0 Å². The van der Waals surface area contributed by atoms with Gasteiger partial charge in [0, 0.05) is 37.9 Å². The molecule has 0 aromatic rings. The normalized spacial score (nSPS) is 14.4. The fourth-order valence-electron chi connectivity index (χ4n) is 2.99. The van der Waals surface area contributed by atoms with Gasteiger partial charge in [-0.2, -0.15) is 0 Å². The number of hydrogen-bond acceptors (Lipinski definition) is 5. The molecular formula is C22H44N2O4. The van der Waals surface area contributed by atoms with Crippen LogP contribution < -0.4 is 10.6 Å². The van der Waals surface area contributed by atoms with Gasteiger partial charge in [-0.25, -0.2) is 0 Å². The molecule has 2 atom stereocenters. The van der Waals surface area contributed by atoms with Crippen LogP contribution in [0.2, 0.25) is 0 Å². The van der Waals surface area contributed by atoms with E-state index in [1.165, 1.54) is 0 Å². The van der Waals surface area contributed by atoms with E-state index in [1.54, 1.807) is 0 Å². The largest absolute Gasteiger partial charge is 0.354 e. The topological polar surface area (TPSA) is 76.7 Å². The predicted octanol–water partition coefficient (Wildman–Crippen LogP) is 3.54. The van der Waals surface area contributed by atoms with E-state index >= 15 is 0 Å². The van der Waals surface area contributed by atoms with Crippen LogP contribution in [0.4, 0.5) is 0 Å². The number of ether oxygens (including phenoxy) is 2. The van der Waals surface area contributed by atoms with Gasteiger partial charge in [-0.15, -0.1) is 0 Å². The summed E-state index contributed by atoms with van der Waals surface area (Å²) in [6, 6.07) is 0.434. The van der Waals surface area contributed by atoms with Crippen LogP contribution in [0, 0.1) is 17.8 Å². The van der Waals surface area contributed by atoms with Gasteiger partial charge in [0.1, 0.15) is 5.78 Å². The molecule has 2 N–H and O–H groups in total. The van der Waals surface area contributed by atoms with Crippen molar-refractivity contribution in [2.45, 2.75) is 86.5 Å². The van der Waals surface area contributed by atoms with Crippen molar-refractivity contribution in [1.29, 1.82) is 0 Å². The zero-order chi connectivity index (χ0) is 21.7. The smallest absolute Gasteiger partial charge is 0.220 e. The van der Waals surface area contributed by atoms with Crippen molar-refractivity contribution >= 4 is 11.7 Å². The zero-order valence-corrected chi connectivity index (χ0v) is 19.4. The quantitative estimate of drug-likeness (QED) is 0.306. The first-order valence-corrected chi connectivity index (χ1v) is 10.7. The Kier molecular flexibility index (Phi) is 13.6. The van der Waals surface area contributed by atoms with Crippen LogP contribution in [0.25, 0.3) is 0 Å². The summed E-state index contributed by atoms with van der Waals surface area (Å²) in [4.78, 5) is 23.9. The molecule has 0 saturated carbocycles. The summed E-state index contributed by atoms with van der Waals surface area (Å²) in [5, 5.41) is 6.19. The van der Waals surface area contributed by atoms with E-state index in [9.17, 15) is 9.59 Å². The number of ketones is 1. The Morgan fingerprint density at radius 2 is 1.39 bits per heavy atom. The Balaban J connectivity index is 3.92. The third-order valence-electron chi connectivity index (χ3n) is 4.51. The second kappa shape index (κ2) is 14.1. The van der Waals surface area contributed by atoms with Crippen molar-refractivity contribution in [3.63, 3.8) is 0 Å². The Labute approximate surface area is 172 Å². The minimum absolute atomic E-state index is 0.0262. The van der Waals surface area contributed by atoms with E-state index in [2.05, 4.69) is 38.3 Å². The number of rotatable bonds is 16. The number of carbonyl (C=O) groups excluding carboxylic acids is 2. The Bertz CT molecular complexity index is 450. The molecule has 2 unspecified atom stereocenters. The van der Waals surface area contributed by atoms with Crippen LogP contribution >= 0.6 is 0 Å². The minimum atomic E-state index is -0.672. The van der Waals surface area contributed by atoms with Crippen LogP contribution in [0.1, 0.15) is 74.7 Å². The number of Topliss-reactive ketones (excluding diaryl/α,β-unsaturated/α-hetero) is 1. The zero-order valence-electron chi connectivity index (χ0n) is 19.4. The average Bonchev–Trinajstić information content (AvgIpc) is 2.55. The molecule has 6 nitrogen and oxygen atoms in total. The first kappa shape index (κ1) is 27.0. The van der Waals surface area contributed by atoms with Gasteiger partial charge in [-0.1, -0.05) is 41.5 Å². The van der Waals surface area contributed by atoms with Crippen molar-refractivity contribution in [2.24, 2.45) is 17.8 Å². The minimum Gasteiger partial charge on any atom is -0.354 e. The molecule has 28 heavy (non-hydrogen) atoms. The lowest BCUT2D eigenvalue weighted by atomic mass is 9.89. The highest BCUT2D eigenvalue weighted by Crippen LogP contribution is 2.19. The molecule has 6 heteroatoms. The lowest BCUT2D eigenvalue weighted by Crippen LogP contribution is -2.36. The van der Waals surface area contributed by atoms with E-state index in [-0.39, 0.29) is 17.7 Å². The van der Waals surface area contributed by atoms with Gasteiger partial charge in [0.25, 0.3) is 0 Å². The number of carbonyl (C=O) groups is 2. The lowest BCUT2D eigenvalue weighted by molar-refractivity contribution is -0.211. The SMILES string of the molecule is CC(CC(=O)NCCOC(C)(C)OCCNC(C)C)CC(C)CC(=O)C(C)C. The second-order valence-electron chi connectivity index (χ2n) is 9.03. The second-order valence-corrected chi connectivity index (χ2v) is 9.03. The standard InChI is InChI=1S/C22H44N2O4/c1-16(2)20(25)14-18(5)13-19(6)15-21(26)24-10-12-28-22(7,8)27-11-9-23-17(3)4/h16-19,23H,9-15H2,1-8H3,(H,24,26). The monoisotopic (exact) mass is 400 g/mol. The molecular weight excluding hydrogens is 356 g/mol. The molecule has 0 heterocycles. The van der Waals surface area contributed by atoms with E-state index in [0.717, 1.165) is 13.0 Å². The van der Waals surface area contributed by atoms with Crippen molar-refractivity contribution in [3.8, 4) is 0 Å². The van der Waals surface area contributed by atoms with Gasteiger partial charge in [0.2, 0.25) is 5.91 Å². The number of hydrogen-bond donors (Lipinski definition) is 2. The molecule has 0 radical (unpaired) electrons. The molecule has 0 aromatic heterocycles. The lowest BCUT2D eigenvalue weighted by Gasteiger charge is -2.26. The van der Waals surface area contributed by atoms with Crippen molar-refractivity contribution in [1.82, 2.24) is 10.6 Å². The van der Waals surface area contributed by atoms with Gasteiger partial charge in [0.05, 0.1) is 13.2 Å². The summed E-state index contributed by atoms with van der Waals surface area (Å²) in [6.45, 7) is 18.2. The molecule has 0 aliphatic rings. The van der Waals surface area contributed by atoms with Crippen LogP contribution in [0.15, 0.2) is 0 Å². The highest BCUT2D eigenvalue weighted by atomic mass is 16.7. The molecule has 0 saturated heterocycles. The summed E-state index contributed by atoms with van der Waals surface area (Å²) in [7, 11) is 0. The van der Waals surface area contributed by atoms with Crippen molar-refractivity contribution < 1.29 is 19.1 Å². The summed E-state index contributed by atoms with van der Waals surface area (Å²) < 4.78 is 11.4. The molecule has 166 valence electrons. The third-order valence-corrected chi connectivity index (χ3v) is 4.51. The first-order valence-electron chi connectivity index (χ1n) is 10.7. The van der Waals surface area contributed by atoms with Crippen LogP contribution in [-0.4, -0.2) is 49.8 Å². The third kappa shape index (κ3) is 15.0. The number of nitrogens with one attached hydrogen (secondary N) is 2. The first-order chi connectivity index (χ1) is 12.9. The number of amides is 1. The molecule has 0 aliphatic carbocycles. The van der Waals surface area contributed by atoms with Gasteiger partial charge < -0.3 is 20.1 Å². The van der Waals surface area contributed by atoms with Crippen molar-refractivity contribution in [3.05, 3.63) is 0 Å². The predicted molar refractivity (Wildman–Crippen MR) is 114 cm³/mol. The average molecular weight is 401 g/mol. The molecule has 0 aliphatic heterocycles. The molecule has 0 spiro atoms. The van der Waals surface area contributed by atoms with Crippen LogP contribution in [0.5, 0.6) is 0 Å². The summed E-state index contributed by atoms with van der Waals surface area (Å²) in [5.74, 6) is 0.299. The van der Waals surface area contributed by atoms with Crippen LogP contribution in [-0.2, 0) is 19.1 Å². The van der Waals surface area contributed by atoms with Gasteiger partial charge in [-0.3, -0.25) is 9.59 Å². The Hall–Kier alpha value is -0.980. The summed E-state index contributed by atoms with van der Waals surface area (Å²) >= 11 is 0. The van der Waals surface area contributed by atoms with E-state index in [0.29, 0.717) is 50.3 Å². The van der Waals surface area contributed by atoms with Gasteiger partial charge in [0.15, 0.2) is 5.79 Å². The maximum Gasteiger partial charge on any atom is 0.220 e. The summed E-state index contributed by atoms with van der Waals surface area (Å²) in [6.07, 6.45) is 1.95. The van der Waals surface area contributed by atoms with Gasteiger partial charge >= 0.3 is 0 Å². The fourth-order valence-corrected chi connectivity index (χ4v) is 2.99. The van der Waals surface area contributed by atoms with E-state index in [4.69, 9.17) is 9.47 Å². The Morgan fingerprint density at radius 3 is 1.93 bits per heavy atom. The Morgan fingerprint density at radius 1 is 0.857 bits per heavy atom. The molecule has 0 rings (SSSR count). The highest BCUT2D eigenvalue weighted by Gasteiger charge is 2.19. The maximum atomic E-state index is 12.1. The molecule has 1 amide bonds.